The summed E-state index contributed by atoms with van der Waals surface area (Å²) in [6, 6.07) is 6.44. The van der Waals surface area contributed by atoms with Crippen molar-refractivity contribution in [1.82, 2.24) is 5.32 Å². The van der Waals surface area contributed by atoms with Crippen LogP contribution in [0, 0.1) is 0 Å². The van der Waals surface area contributed by atoms with Crippen LogP contribution in [0.15, 0.2) is 24.3 Å². The van der Waals surface area contributed by atoms with Gasteiger partial charge in [0.2, 0.25) is 10.0 Å². The van der Waals surface area contributed by atoms with Crippen molar-refractivity contribution in [2.75, 3.05) is 44.5 Å². The largest absolute Gasteiger partial charge is 0.484 e. The van der Waals surface area contributed by atoms with E-state index in [1.54, 1.807) is 31.4 Å². The van der Waals surface area contributed by atoms with E-state index < -0.39 is 10.0 Å². The number of hydrogen-bond donors (Lipinski definition) is 1. The van der Waals surface area contributed by atoms with Crippen LogP contribution in [0.1, 0.15) is 0 Å². The van der Waals surface area contributed by atoms with Gasteiger partial charge in [-0.2, -0.15) is 0 Å². The maximum Gasteiger partial charge on any atom is 0.258 e. The molecule has 1 aromatic rings. The van der Waals surface area contributed by atoms with Crippen LogP contribution in [0.2, 0.25) is 0 Å². The van der Waals surface area contributed by atoms with Gasteiger partial charge in [0.15, 0.2) is 6.61 Å². The molecule has 0 atom stereocenters. The number of anilines is 1. The Morgan fingerprint density at radius 1 is 1.29 bits per heavy atom. The smallest absolute Gasteiger partial charge is 0.258 e. The van der Waals surface area contributed by atoms with Gasteiger partial charge in [0.25, 0.3) is 5.91 Å². The number of carbonyl (C=O) groups is 1. The van der Waals surface area contributed by atoms with Crippen LogP contribution in [-0.4, -0.2) is 54.5 Å². The average Bonchev–Trinajstić information content (AvgIpc) is 2.44. The molecule has 0 saturated carbocycles. The van der Waals surface area contributed by atoms with Crippen molar-refractivity contribution in [3.05, 3.63) is 24.3 Å². The first-order valence-electron chi connectivity index (χ1n) is 6.27. The van der Waals surface area contributed by atoms with Gasteiger partial charge in [-0.05, 0) is 24.3 Å². The third kappa shape index (κ3) is 6.01. The normalized spacial score (nSPS) is 11.0. The van der Waals surface area contributed by atoms with Gasteiger partial charge in [-0.15, -0.1) is 0 Å². The number of nitrogens with zero attached hydrogens (tertiary/aromatic N) is 1. The highest BCUT2D eigenvalue weighted by Crippen LogP contribution is 2.20. The Labute approximate surface area is 124 Å². The molecule has 118 valence electrons. The van der Waals surface area contributed by atoms with Crippen molar-refractivity contribution in [2.24, 2.45) is 0 Å². The minimum atomic E-state index is -3.29. The number of rotatable bonds is 8. The first kappa shape index (κ1) is 17.3. The van der Waals surface area contributed by atoms with Crippen LogP contribution in [0.25, 0.3) is 0 Å². The lowest BCUT2D eigenvalue weighted by molar-refractivity contribution is -0.123. The lowest BCUT2D eigenvalue weighted by Gasteiger charge is -2.16. The predicted molar refractivity (Wildman–Crippen MR) is 80.1 cm³/mol. The summed E-state index contributed by atoms with van der Waals surface area (Å²) in [5.41, 5.74) is 0.523. The van der Waals surface area contributed by atoms with Crippen LogP contribution in [0.4, 0.5) is 5.69 Å². The molecule has 0 aromatic heterocycles. The topological polar surface area (TPSA) is 84.9 Å². The molecule has 1 rings (SSSR count). The number of ether oxygens (including phenoxy) is 2. The van der Waals surface area contributed by atoms with E-state index in [0.29, 0.717) is 24.6 Å². The van der Waals surface area contributed by atoms with Crippen molar-refractivity contribution < 1.29 is 22.7 Å². The minimum absolute atomic E-state index is 0.106. The lowest BCUT2D eigenvalue weighted by Crippen LogP contribution is -2.31. The lowest BCUT2D eigenvalue weighted by atomic mass is 10.3. The van der Waals surface area contributed by atoms with Crippen LogP contribution < -0.4 is 14.4 Å². The maximum atomic E-state index is 11.4. The number of hydrogen-bond acceptors (Lipinski definition) is 5. The van der Waals surface area contributed by atoms with Crippen molar-refractivity contribution in [1.29, 1.82) is 0 Å². The van der Waals surface area contributed by atoms with E-state index in [-0.39, 0.29) is 12.5 Å². The number of sulfonamides is 1. The van der Waals surface area contributed by atoms with Crippen molar-refractivity contribution in [3.63, 3.8) is 0 Å². The summed E-state index contributed by atoms with van der Waals surface area (Å²) < 4.78 is 34.0. The van der Waals surface area contributed by atoms with Gasteiger partial charge < -0.3 is 14.8 Å². The third-order valence-electron chi connectivity index (χ3n) is 2.70. The summed E-state index contributed by atoms with van der Waals surface area (Å²) in [5.74, 6) is 0.243. The van der Waals surface area contributed by atoms with E-state index in [9.17, 15) is 13.2 Å². The molecule has 1 aromatic carbocycles. The zero-order valence-corrected chi connectivity index (χ0v) is 13.1. The van der Waals surface area contributed by atoms with E-state index in [1.807, 2.05) is 0 Å². The monoisotopic (exact) mass is 316 g/mol. The molecule has 0 aliphatic carbocycles. The third-order valence-corrected chi connectivity index (χ3v) is 3.90. The van der Waals surface area contributed by atoms with Crippen LogP contribution >= 0.6 is 0 Å². The molecule has 1 amide bonds. The molecule has 8 heteroatoms. The van der Waals surface area contributed by atoms with Gasteiger partial charge in [-0.1, -0.05) is 0 Å². The number of nitrogens with one attached hydrogen (secondary N) is 1. The number of methoxy groups -OCH3 is 1. The summed E-state index contributed by atoms with van der Waals surface area (Å²) in [7, 11) is -0.271. The van der Waals surface area contributed by atoms with Gasteiger partial charge in [0.1, 0.15) is 5.75 Å². The summed E-state index contributed by atoms with van der Waals surface area (Å²) in [4.78, 5) is 11.4. The van der Waals surface area contributed by atoms with E-state index in [1.165, 1.54) is 7.05 Å². The highest BCUT2D eigenvalue weighted by molar-refractivity contribution is 7.92. The van der Waals surface area contributed by atoms with Gasteiger partial charge >= 0.3 is 0 Å². The number of benzene rings is 1. The van der Waals surface area contributed by atoms with Crippen LogP contribution in [0.5, 0.6) is 5.75 Å². The van der Waals surface area contributed by atoms with Gasteiger partial charge in [0.05, 0.1) is 18.6 Å². The summed E-state index contributed by atoms with van der Waals surface area (Å²) >= 11 is 0. The molecule has 21 heavy (non-hydrogen) atoms. The second-order valence-corrected chi connectivity index (χ2v) is 6.37. The van der Waals surface area contributed by atoms with Crippen molar-refractivity contribution in [3.8, 4) is 5.75 Å². The Bertz CT molecular complexity index is 556. The fraction of sp³-hybridized carbons (Fsp3) is 0.462. The molecule has 0 fully saturated rings. The Morgan fingerprint density at radius 2 is 1.90 bits per heavy atom. The van der Waals surface area contributed by atoms with Crippen LogP contribution in [0.3, 0.4) is 0 Å². The molecule has 0 spiro atoms. The fourth-order valence-electron chi connectivity index (χ4n) is 1.44. The molecule has 0 aliphatic heterocycles. The van der Waals surface area contributed by atoms with E-state index >= 15 is 0 Å². The molecule has 0 unspecified atom stereocenters. The molecule has 0 aliphatic rings. The molecule has 1 N–H and O–H groups in total. The molecule has 0 radical (unpaired) electrons. The Morgan fingerprint density at radius 3 is 2.43 bits per heavy atom. The summed E-state index contributed by atoms with van der Waals surface area (Å²) in [6.07, 6.45) is 1.13. The number of carbonyl (C=O) groups excluding carboxylic acids is 1. The standard InChI is InChI=1S/C13H20N2O5S/c1-15(21(3,17)18)11-4-6-12(7-5-11)20-10-13(16)14-8-9-19-2/h4-7H,8-10H2,1-3H3,(H,14,16). The molecule has 0 saturated heterocycles. The Kier molecular flexibility index (Phi) is 6.44. The average molecular weight is 316 g/mol. The van der Waals surface area contributed by atoms with Gasteiger partial charge in [0, 0.05) is 20.7 Å². The first-order chi connectivity index (χ1) is 9.84. The summed E-state index contributed by atoms with van der Waals surface area (Å²) in [5, 5.41) is 2.63. The Balaban J connectivity index is 2.50. The zero-order chi connectivity index (χ0) is 15.9. The maximum absolute atomic E-state index is 11.4. The van der Waals surface area contributed by atoms with Crippen LogP contribution in [-0.2, 0) is 19.6 Å². The summed E-state index contributed by atoms with van der Waals surface area (Å²) in [6.45, 7) is 0.764. The fourth-order valence-corrected chi connectivity index (χ4v) is 1.94. The molecular weight excluding hydrogens is 296 g/mol. The quantitative estimate of drug-likeness (QED) is 0.694. The molecule has 7 nitrogen and oxygen atoms in total. The first-order valence-corrected chi connectivity index (χ1v) is 8.12. The second-order valence-electron chi connectivity index (χ2n) is 4.36. The highest BCUT2D eigenvalue weighted by Gasteiger charge is 2.11. The van der Waals surface area contributed by atoms with E-state index in [0.717, 1.165) is 10.6 Å². The Hall–Kier alpha value is -1.80. The van der Waals surface area contributed by atoms with E-state index in [2.05, 4.69) is 5.32 Å². The van der Waals surface area contributed by atoms with E-state index in [4.69, 9.17) is 9.47 Å². The minimum Gasteiger partial charge on any atom is -0.484 e. The SMILES string of the molecule is COCCNC(=O)COc1ccc(N(C)S(C)(=O)=O)cc1. The molecule has 0 bridgehead atoms. The second kappa shape index (κ2) is 7.84. The van der Waals surface area contributed by atoms with Crippen molar-refractivity contribution >= 4 is 21.6 Å². The predicted octanol–water partition coefficient (Wildman–Crippen LogP) is 0.224. The zero-order valence-electron chi connectivity index (χ0n) is 12.3. The molecular formula is C13H20N2O5S. The van der Waals surface area contributed by atoms with Gasteiger partial charge in [-0.3, -0.25) is 9.10 Å². The molecule has 0 heterocycles. The number of amides is 1. The highest BCUT2D eigenvalue weighted by atomic mass is 32.2. The van der Waals surface area contributed by atoms with Crippen molar-refractivity contribution in [2.45, 2.75) is 0 Å². The van der Waals surface area contributed by atoms with Gasteiger partial charge in [-0.25, -0.2) is 8.42 Å².